The first-order chi connectivity index (χ1) is 6.69. The Kier molecular flexibility index (Phi) is 4.09. The minimum absolute atomic E-state index is 0.00759. The van der Waals surface area contributed by atoms with E-state index in [0.29, 0.717) is 24.7 Å². The average Bonchev–Trinajstić information content (AvgIpc) is 2.20. The fourth-order valence-corrected chi connectivity index (χ4v) is 2.06. The van der Waals surface area contributed by atoms with E-state index in [0.717, 1.165) is 19.3 Å². The van der Waals surface area contributed by atoms with Crippen molar-refractivity contribution in [2.75, 3.05) is 7.05 Å². The fourth-order valence-electron chi connectivity index (χ4n) is 2.06. The molecule has 0 aromatic rings. The van der Waals surface area contributed by atoms with Crippen molar-refractivity contribution in [1.82, 2.24) is 4.90 Å². The molecule has 0 bridgehead atoms. The molecule has 0 radical (unpaired) electrons. The minimum atomic E-state index is 0.00759. The van der Waals surface area contributed by atoms with Gasteiger partial charge in [0.05, 0.1) is 12.1 Å². The van der Waals surface area contributed by atoms with Crippen molar-refractivity contribution in [3.8, 4) is 6.07 Å². The molecule has 1 fully saturated rings. The summed E-state index contributed by atoms with van der Waals surface area (Å²) in [5.74, 6) is 0.375. The number of ketones is 1. The zero-order chi connectivity index (χ0) is 10.6. The Labute approximate surface area is 85.7 Å². The summed E-state index contributed by atoms with van der Waals surface area (Å²) in [4.78, 5) is 13.2. The van der Waals surface area contributed by atoms with Crippen LogP contribution in [-0.2, 0) is 4.79 Å². The highest BCUT2D eigenvalue weighted by atomic mass is 16.1. The molecule has 1 aliphatic carbocycles. The molecule has 3 nitrogen and oxygen atoms in total. The third-order valence-corrected chi connectivity index (χ3v) is 3.12. The SMILES string of the molecule is CCC(C#N)N(C)C1CCC(=O)CC1. The van der Waals surface area contributed by atoms with Gasteiger partial charge in [-0.3, -0.25) is 9.69 Å². The number of carbonyl (C=O) groups is 1. The van der Waals surface area contributed by atoms with Crippen LogP contribution in [0.3, 0.4) is 0 Å². The van der Waals surface area contributed by atoms with Crippen LogP contribution in [0.1, 0.15) is 39.0 Å². The monoisotopic (exact) mass is 194 g/mol. The molecule has 78 valence electrons. The number of rotatable bonds is 3. The molecule has 0 heterocycles. The Bertz CT molecular complexity index is 234. The molecule has 0 N–H and O–H groups in total. The molecule has 0 amide bonds. The van der Waals surface area contributed by atoms with E-state index in [1.165, 1.54) is 0 Å². The normalized spacial score (nSPS) is 20.9. The quantitative estimate of drug-likeness (QED) is 0.687. The summed E-state index contributed by atoms with van der Waals surface area (Å²) in [6.45, 7) is 2.03. The summed E-state index contributed by atoms with van der Waals surface area (Å²) < 4.78 is 0. The van der Waals surface area contributed by atoms with Crippen LogP contribution in [0.2, 0.25) is 0 Å². The molecule has 0 aromatic carbocycles. The van der Waals surface area contributed by atoms with Gasteiger partial charge in [-0.05, 0) is 26.3 Å². The van der Waals surface area contributed by atoms with Gasteiger partial charge in [-0.25, -0.2) is 0 Å². The summed E-state index contributed by atoms with van der Waals surface area (Å²) >= 11 is 0. The summed E-state index contributed by atoms with van der Waals surface area (Å²) in [5.41, 5.74) is 0. The van der Waals surface area contributed by atoms with Crippen LogP contribution in [0.25, 0.3) is 0 Å². The van der Waals surface area contributed by atoms with Gasteiger partial charge in [0.15, 0.2) is 0 Å². The Balaban J connectivity index is 2.49. The lowest BCUT2D eigenvalue weighted by atomic mass is 9.92. The van der Waals surface area contributed by atoms with Crippen molar-refractivity contribution in [1.29, 1.82) is 5.26 Å². The summed E-state index contributed by atoms with van der Waals surface area (Å²) in [7, 11) is 2.00. The third-order valence-electron chi connectivity index (χ3n) is 3.12. The van der Waals surface area contributed by atoms with Crippen LogP contribution in [0.5, 0.6) is 0 Å². The molecular weight excluding hydrogens is 176 g/mol. The maximum atomic E-state index is 11.1. The van der Waals surface area contributed by atoms with Crippen LogP contribution < -0.4 is 0 Å². The molecule has 0 aliphatic heterocycles. The first kappa shape index (κ1) is 11.2. The average molecular weight is 194 g/mol. The Morgan fingerprint density at radius 1 is 1.57 bits per heavy atom. The van der Waals surface area contributed by atoms with Crippen molar-refractivity contribution in [3.63, 3.8) is 0 Å². The topological polar surface area (TPSA) is 44.1 Å². The van der Waals surface area contributed by atoms with Crippen molar-refractivity contribution in [2.24, 2.45) is 0 Å². The second-order valence-electron chi connectivity index (χ2n) is 3.99. The molecule has 1 saturated carbocycles. The van der Waals surface area contributed by atoms with Gasteiger partial charge >= 0.3 is 0 Å². The summed E-state index contributed by atoms with van der Waals surface area (Å²) in [6, 6.07) is 2.74. The maximum Gasteiger partial charge on any atom is 0.133 e. The lowest BCUT2D eigenvalue weighted by molar-refractivity contribution is -0.121. The van der Waals surface area contributed by atoms with E-state index in [9.17, 15) is 4.79 Å². The number of hydrogen-bond acceptors (Lipinski definition) is 3. The molecule has 0 spiro atoms. The minimum Gasteiger partial charge on any atom is -0.300 e. The first-order valence-electron chi connectivity index (χ1n) is 5.32. The van der Waals surface area contributed by atoms with Crippen molar-refractivity contribution in [2.45, 2.75) is 51.1 Å². The van der Waals surface area contributed by atoms with Gasteiger partial charge in [0.25, 0.3) is 0 Å². The zero-order valence-corrected chi connectivity index (χ0v) is 8.99. The van der Waals surface area contributed by atoms with Crippen molar-refractivity contribution >= 4 is 5.78 Å². The van der Waals surface area contributed by atoms with E-state index in [2.05, 4.69) is 11.0 Å². The number of nitrogens with zero attached hydrogens (tertiary/aromatic N) is 2. The second kappa shape index (κ2) is 5.11. The molecule has 0 aromatic heterocycles. The molecular formula is C11H18N2O. The van der Waals surface area contributed by atoms with Gasteiger partial charge in [-0.1, -0.05) is 6.92 Å². The molecule has 14 heavy (non-hydrogen) atoms. The van der Waals surface area contributed by atoms with Crippen molar-refractivity contribution in [3.05, 3.63) is 0 Å². The number of hydrogen-bond donors (Lipinski definition) is 0. The smallest absolute Gasteiger partial charge is 0.133 e. The molecule has 1 unspecified atom stereocenters. The van der Waals surface area contributed by atoms with Gasteiger partial charge in [-0.2, -0.15) is 5.26 Å². The number of nitriles is 1. The van der Waals surface area contributed by atoms with Crippen molar-refractivity contribution < 1.29 is 4.79 Å². The maximum absolute atomic E-state index is 11.1. The highest BCUT2D eigenvalue weighted by molar-refractivity contribution is 5.79. The van der Waals surface area contributed by atoms with Gasteiger partial charge < -0.3 is 0 Å². The Morgan fingerprint density at radius 2 is 2.14 bits per heavy atom. The van der Waals surface area contributed by atoms with Gasteiger partial charge in [0.2, 0.25) is 0 Å². The standard InChI is InChI=1S/C11H18N2O/c1-3-9(8-12)13(2)10-4-6-11(14)7-5-10/h9-10H,3-7H2,1-2H3. The highest BCUT2D eigenvalue weighted by Gasteiger charge is 2.25. The molecule has 1 aliphatic rings. The van der Waals surface area contributed by atoms with E-state index in [1.54, 1.807) is 0 Å². The van der Waals surface area contributed by atoms with Gasteiger partial charge in [0, 0.05) is 18.9 Å². The first-order valence-corrected chi connectivity index (χ1v) is 5.32. The highest BCUT2D eigenvalue weighted by Crippen LogP contribution is 2.21. The predicted octanol–water partition coefficient (Wildman–Crippen LogP) is 1.73. The largest absolute Gasteiger partial charge is 0.300 e. The Hall–Kier alpha value is -0.880. The molecule has 1 rings (SSSR count). The van der Waals surface area contributed by atoms with Gasteiger partial charge in [-0.15, -0.1) is 0 Å². The van der Waals surface area contributed by atoms with E-state index in [1.807, 2.05) is 14.0 Å². The number of carbonyl (C=O) groups excluding carboxylic acids is 1. The lowest BCUT2D eigenvalue weighted by Crippen LogP contribution is -2.41. The summed E-state index contributed by atoms with van der Waals surface area (Å²) in [5, 5.41) is 8.92. The third kappa shape index (κ3) is 2.55. The van der Waals surface area contributed by atoms with E-state index < -0.39 is 0 Å². The Morgan fingerprint density at radius 3 is 2.57 bits per heavy atom. The van der Waals surface area contributed by atoms with Crippen LogP contribution in [0.4, 0.5) is 0 Å². The van der Waals surface area contributed by atoms with E-state index in [-0.39, 0.29) is 6.04 Å². The predicted molar refractivity (Wildman–Crippen MR) is 54.7 cm³/mol. The van der Waals surface area contributed by atoms with Crippen LogP contribution in [-0.4, -0.2) is 29.8 Å². The van der Waals surface area contributed by atoms with E-state index in [4.69, 9.17) is 5.26 Å². The molecule has 3 heteroatoms. The van der Waals surface area contributed by atoms with Crippen LogP contribution in [0, 0.1) is 11.3 Å². The van der Waals surface area contributed by atoms with Gasteiger partial charge in [0.1, 0.15) is 5.78 Å². The summed E-state index contributed by atoms with van der Waals surface area (Å²) in [6.07, 6.45) is 4.09. The van der Waals surface area contributed by atoms with Crippen LogP contribution in [0.15, 0.2) is 0 Å². The van der Waals surface area contributed by atoms with Crippen LogP contribution >= 0.6 is 0 Å². The number of Topliss-reactive ketones (excluding diaryl/α,β-unsaturated/α-hetero) is 1. The van der Waals surface area contributed by atoms with E-state index >= 15 is 0 Å². The molecule has 1 atom stereocenters. The second-order valence-corrected chi connectivity index (χ2v) is 3.99. The lowest BCUT2D eigenvalue weighted by Gasteiger charge is -2.33. The molecule has 0 saturated heterocycles. The fraction of sp³-hybridized carbons (Fsp3) is 0.818. The zero-order valence-electron chi connectivity index (χ0n) is 8.99.